The molecule has 1 heterocycles. The van der Waals surface area contributed by atoms with Crippen molar-refractivity contribution in [1.29, 1.82) is 0 Å². The second-order valence-corrected chi connectivity index (χ2v) is 15.6. The first-order valence-corrected chi connectivity index (χ1v) is 20.8. The number of hydrogen-bond acceptors (Lipinski definition) is 3. The maximum absolute atomic E-state index is 5.13. The van der Waals surface area contributed by atoms with Gasteiger partial charge < -0.3 is 0 Å². The molecule has 0 aliphatic heterocycles. The van der Waals surface area contributed by atoms with Crippen molar-refractivity contribution in [3.63, 3.8) is 0 Å². The van der Waals surface area contributed by atoms with Crippen molar-refractivity contribution < 1.29 is 0 Å². The summed E-state index contributed by atoms with van der Waals surface area (Å²) < 4.78 is 0. The lowest BCUT2D eigenvalue weighted by Gasteiger charge is -2.34. The molecule has 10 aromatic rings. The van der Waals surface area contributed by atoms with Crippen LogP contribution in [-0.4, -0.2) is 15.0 Å². The van der Waals surface area contributed by atoms with E-state index in [2.05, 4.69) is 224 Å². The molecule has 0 N–H and O–H groups in total. The summed E-state index contributed by atoms with van der Waals surface area (Å²) in [4.78, 5) is 15.3. The minimum atomic E-state index is -0.439. The zero-order valence-corrected chi connectivity index (χ0v) is 33.4. The Kier molecular flexibility index (Phi) is 9.05. The Labute approximate surface area is 356 Å². The Balaban J connectivity index is 0.990. The molecule has 0 atom stereocenters. The number of benzene rings is 9. The van der Waals surface area contributed by atoms with Gasteiger partial charge in [-0.1, -0.05) is 231 Å². The number of rotatable bonds is 8. The summed E-state index contributed by atoms with van der Waals surface area (Å²) in [7, 11) is 0. The van der Waals surface area contributed by atoms with E-state index in [4.69, 9.17) is 15.0 Å². The van der Waals surface area contributed by atoms with Crippen LogP contribution in [0.15, 0.2) is 237 Å². The Morgan fingerprint density at radius 2 is 0.557 bits per heavy atom. The second kappa shape index (κ2) is 15.3. The number of hydrogen-bond donors (Lipinski definition) is 0. The molecule has 3 heteroatoms. The first-order chi connectivity index (χ1) is 30.2. The van der Waals surface area contributed by atoms with Crippen molar-refractivity contribution in [2.24, 2.45) is 0 Å². The smallest absolute Gasteiger partial charge is 0.164 e. The molecule has 3 nitrogen and oxygen atoms in total. The van der Waals surface area contributed by atoms with E-state index >= 15 is 0 Å². The monoisotopic (exact) mass is 777 g/mol. The highest BCUT2D eigenvalue weighted by atomic mass is 15.0. The summed E-state index contributed by atoms with van der Waals surface area (Å²) in [5.41, 5.74) is 16.9. The molecule has 0 saturated carbocycles. The fourth-order valence-electron chi connectivity index (χ4n) is 9.11. The quantitative estimate of drug-likeness (QED) is 0.154. The summed E-state index contributed by atoms with van der Waals surface area (Å²) in [5.74, 6) is 1.88. The van der Waals surface area contributed by atoms with Crippen molar-refractivity contribution in [2.45, 2.75) is 5.41 Å². The Morgan fingerprint density at radius 1 is 0.230 bits per heavy atom. The molecule has 0 saturated heterocycles. The third kappa shape index (κ3) is 6.44. The van der Waals surface area contributed by atoms with Gasteiger partial charge in [0.15, 0.2) is 17.5 Å². The Morgan fingerprint density at radius 3 is 1.07 bits per heavy atom. The SMILES string of the molecule is c1ccc(-c2ccc(-c3nc(-c4ccc(-c5ccccc5)cc4)nc(-c4cccc(-c5ccc(C6(c7ccccc7)c7ccccc7-c7ccccc76)cc5)c4)n3)cc2)cc1. The van der Waals surface area contributed by atoms with Crippen LogP contribution in [0.5, 0.6) is 0 Å². The summed E-state index contributed by atoms with van der Waals surface area (Å²) in [6, 6.07) is 84.2. The van der Waals surface area contributed by atoms with E-state index < -0.39 is 5.41 Å². The molecule has 286 valence electrons. The van der Waals surface area contributed by atoms with Crippen LogP contribution in [0.4, 0.5) is 0 Å². The van der Waals surface area contributed by atoms with Crippen LogP contribution in [0, 0.1) is 0 Å². The predicted octanol–water partition coefficient (Wildman–Crippen LogP) is 14.2. The van der Waals surface area contributed by atoms with E-state index in [-0.39, 0.29) is 0 Å². The number of aromatic nitrogens is 3. The van der Waals surface area contributed by atoms with Gasteiger partial charge in [-0.05, 0) is 72.8 Å². The minimum Gasteiger partial charge on any atom is -0.208 e. The van der Waals surface area contributed by atoms with E-state index in [1.165, 1.54) is 44.5 Å². The molecule has 1 aliphatic carbocycles. The summed E-state index contributed by atoms with van der Waals surface area (Å²) >= 11 is 0. The lowest BCUT2D eigenvalue weighted by molar-refractivity contribution is 0.768. The molecule has 1 aromatic heterocycles. The van der Waals surface area contributed by atoms with E-state index in [0.29, 0.717) is 17.5 Å². The van der Waals surface area contributed by atoms with Gasteiger partial charge in [0.05, 0.1) is 5.41 Å². The summed E-state index contributed by atoms with van der Waals surface area (Å²) in [6.45, 7) is 0. The maximum Gasteiger partial charge on any atom is 0.164 e. The fraction of sp³-hybridized carbons (Fsp3) is 0.0172. The summed E-state index contributed by atoms with van der Waals surface area (Å²) in [6.07, 6.45) is 0. The molecular formula is C58H39N3. The average Bonchev–Trinajstić information content (AvgIpc) is 3.66. The molecule has 61 heavy (non-hydrogen) atoms. The molecule has 1 aliphatic rings. The zero-order valence-electron chi connectivity index (χ0n) is 33.4. The molecule has 0 spiro atoms. The van der Waals surface area contributed by atoms with Crippen LogP contribution < -0.4 is 0 Å². The summed E-state index contributed by atoms with van der Waals surface area (Å²) in [5, 5.41) is 0. The minimum absolute atomic E-state index is 0.439. The van der Waals surface area contributed by atoms with Crippen molar-refractivity contribution >= 4 is 0 Å². The van der Waals surface area contributed by atoms with Gasteiger partial charge in [0.25, 0.3) is 0 Å². The molecule has 9 aromatic carbocycles. The highest BCUT2D eigenvalue weighted by Gasteiger charge is 2.45. The van der Waals surface area contributed by atoms with Gasteiger partial charge in [-0.2, -0.15) is 0 Å². The van der Waals surface area contributed by atoms with E-state index in [1.807, 2.05) is 12.1 Å². The number of nitrogens with zero attached hydrogens (tertiary/aromatic N) is 3. The van der Waals surface area contributed by atoms with Gasteiger partial charge >= 0.3 is 0 Å². The van der Waals surface area contributed by atoms with Crippen molar-refractivity contribution in [3.8, 4) is 78.7 Å². The Bertz CT molecular complexity index is 2990. The topological polar surface area (TPSA) is 38.7 Å². The molecular weight excluding hydrogens is 739 g/mol. The third-order valence-corrected chi connectivity index (χ3v) is 12.1. The lowest BCUT2D eigenvalue weighted by Crippen LogP contribution is -2.28. The average molecular weight is 778 g/mol. The van der Waals surface area contributed by atoms with Crippen LogP contribution in [-0.2, 0) is 5.41 Å². The van der Waals surface area contributed by atoms with Crippen molar-refractivity contribution in [2.75, 3.05) is 0 Å². The predicted molar refractivity (Wildman–Crippen MR) is 250 cm³/mol. The van der Waals surface area contributed by atoms with Gasteiger partial charge in [-0.25, -0.2) is 15.0 Å². The van der Waals surface area contributed by atoms with Crippen LogP contribution >= 0.6 is 0 Å². The molecule has 0 unspecified atom stereocenters. The third-order valence-electron chi connectivity index (χ3n) is 12.1. The van der Waals surface area contributed by atoms with Gasteiger partial charge in [0, 0.05) is 16.7 Å². The molecule has 11 rings (SSSR count). The number of fused-ring (bicyclic) bond motifs is 3. The van der Waals surface area contributed by atoms with Gasteiger partial charge in [0.1, 0.15) is 0 Å². The van der Waals surface area contributed by atoms with E-state index in [0.717, 1.165) is 38.9 Å². The molecule has 0 bridgehead atoms. The fourth-order valence-corrected chi connectivity index (χ4v) is 9.11. The van der Waals surface area contributed by atoms with Crippen LogP contribution in [0.25, 0.3) is 78.7 Å². The highest BCUT2D eigenvalue weighted by Crippen LogP contribution is 2.56. The largest absolute Gasteiger partial charge is 0.208 e. The zero-order chi connectivity index (χ0) is 40.6. The van der Waals surface area contributed by atoms with Gasteiger partial charge in [-0.15, -0.1) is 0 Å². The Hall–Kier alpha value is -8.01. The molecule has 0 radical (unpaired) electrons. The van der Waals surface area contributed by atoms with Crippen LogP contribution in [0.2, 0.25) is 0 Å². The van der Waals surface area contributed by atoms with Crippen LogP contribution in [0.3, 0.4) is 0 Å². The van der Waals surface area contributed by atoms with Crippen LogP contribution in [0.1, 0.15) is 22.3 Å². The maximum atomic E-state index is 5.13. The second-order valence-electron chi connectivity index (χ2n) is 15.6. The van der Waals surface area contributed by atoms with Crippen molar-refractivity contribution in [1.82, 2.24) is 15.0 Å². The van der Waals surface area contributed by atoms with E-state index in [9.17, 15) is 0 Å². The highest BCUT2D eigenvalue weighted by molar-refractivity contribution is 5.86. The molecule has 0 amide bonds. The van der Waals surface area contributed by atoms with Gasteiger partial charge in [-0.3, -0.25) is 0 Å². The molecule has 0 fully saturated rings. The standard InChI is InChI=1S/C58H39N3/c1-4-15-40(16-5-1)42-27-31-45(32-28-42)55-59-56(46-33-29-43(30-34-46)41-17-6-2-7-18-41)61-57(60-55)48-20-14-19-47(39-48)44-35-37-50(38-36-44)58(49-21-8-3-9-22-49)53-25-12-10-23-51(53)52-24-11-13-26-54(52)58/h1-39H. The van der Waals surface area contributed by atoms with E-state index in [1.54, 1.807) is 0 Å². The normalized spacial score (nSPS) is 12.4. The van der Waals surface area contributed by atoms with Gasteiger partial charge in [0.2, 0.25) is 0 Å². The first kappa shape index (κ1) is 36.1. The first-order valence-electron chi connectivity index (χ1n) is 20.8. The van der Waals surface area contributed by atoms with Crippen molar-refractivity contribution in [3.05, 3.63) is 259 Å². The lowest BCUT2D eigenvalue weighted by atomic mass is 9.67.